The van der Waals surface area contributed by atoms with Gasteiger partial charge in [0.2, 0.25) is 5.91 Å². The van der Waals surface area contributed by atoms with Crippen LogP contribution in [0.25, 0.3) is 0 Å². The minimum Gasteiger partial charge on any atom is -0.384 e. The number of imide groups is 1. The van der Waals surface area contributed by atoms with Gasteiger partial charge in [0.1, 0.15) is 5.82 Å². The standard InChI is InChI=1S/C25H26N4O2/c1-17(20-10-6-3-7-11-20)28-25(31)29-22(15-18-8-4-2-5-9-18)21(24(29)30)14-19-12-13-27-23(26)16-19/h2-13,16-17,21-22H,14-15H2,1H3,(H2,26,27)(H,28,31)/t17-,21-,22-/m1/s1. The summed E-state index contributed by atoms with van der Waals surface area (Å²) in [4.78, 5) is 31.5. The van der Waals surface area contributed by atoms with Crippen LogP contribution in [0.2, 0.25) is 0 Å². The van der Waals surface area contributed by atoms with Crippen LogP contribution in [0.4, 0.5) is 10.6 Å². The lowest BCUT2D eigenvalue weighted by atomic mass is 9.79. The first-order chi connectivity index (χ1) is 15.0. The topological polar surface area (TPSA) is 88.3 Å². The molecule has 0 aliphatic carbocycles. The zero-order valence-corrected chi connectivity index (χ0v) is 17.4. The van der Waals surface area contributed by atoms with Gasteiger partial charge in [-0.3, -0.25) is 9.69 Å². The predicted molar refractivity (Wildman–Crippen MR) is 120 cm³/mol. The Morgan fingerprint density at radius 1 is 1.03 bits per heavy atom. The number of urea groups is 1. The summed E-state index contributed by atoms with van der Waals surface area (Å²) in [6.07, 6.45) is 2.79. The van der Waals surface area contributed by atoms with Gasteiger partial charge in [-0.1, -0.05) is 60.7 Å². The molecule has 0 radical (unpaired) electrons. The molecule has 0 saturated carbocycles. The molecule has 1 saturated heterocycles. The van der Waals surface area contributed by atoms with E-state index in [1.165, 1.54) is 4.90 Å². The van der Waals surface area contributed by atoms with Gasteiger partial charge < -0.3 is 11.1 Å². The highest BCUT2D eigenvalue weighted by atomic mass is 16.2. The van der Waals surface area contributed by atoms with E-state index in [4.69, 9.17) is 5.73 Å². The van der Waals surface area contributed by atoms with Crippen molar-refractivity contribution in [3.8, 4) is 0 Å². The number of aromatic nitrogens is 1. The second-order valence-electron chi connectivity index (χ2n) is 7.95. The molecule has 3 aromatic rings. The zero-order valence-electron chi connectivity index (χ0n) is 17.4. The second kappa shape index (κ2) is 9.00. The number of anilines is 1. The van der Waals surface area contributed by atoms with E-state index in [1.54, 1.807) is 12.3 Å². The third kappa shape index (κ3) is 4.58. The van der Waals surface area contributed by atoms with Crippen LogP contribution in [-0.2, 0) is 17.6 Å². The maximum atomic E-state index is 13.0. The Morgan fingerprint density at radius 3 is 2.39 bits per heavy atom. The number of benzene rings is 2. The number of hydrogen-bond donors (Lipinski definition) is 2. The highest BCUT2D eigenvalue weighted by Crippen LogP contribution is 2.33. The number of pyridine rings is 1. The first-order valence-electron chi connectivity index (χ1n) is 10.5. The number of hydrogen-bond acceptors (Lipinski definition) is 4. The van der Waals surface area contributed by atoms with Crippen molar-refractivity contribution >= 4 is 17.8 Å². The molecule has 158 valence electrons. The summed E-state index contributed by atoms with van der Waals surface area (Å²) in [5.74, 6) is -0.0102. The van der Waals surface area contributed by atoms with Gasteiger partial charge in [0.05, 0.1) is 18.0 Å². The normalized spacial score (nSPS) is 18.9. The van der Waals surface area contributed by atoms with Gasteiger partial charge in [-0.05, 0) is 48.6 Å². The van der Waals surface area contributed by atoms with Crippen LogP contribution in [0, 0.1) is 5.92 Å². The Bertz CT molecular complexity index is 1060. The van der Waals surface area contributed by atoms with Crippen LogP contribution >= 0.6 is 0 Å². The number of amides is 3. The molecule has 6 heteroatoms. The lowest BCUT2D eigenvalue weighted by molar-refractivity contribution is -0.149. The van der Waals surface area contributed by atoms with Crippen LogP contribution in [0.5, 0.6) is 0 Å². The molecule has 2 aromatic carbocycles. The maximum Gasteiger partial charge on any atom is 0.324 e. The van der Waals surface area contributed by atoms with E-state index in [9.17, 15) is 9.59 Å². The van der Waals surface area contributed by atoms with Crippen molar-refractivity contribution in [1.29, 1.82) is 0 Å². The number of likely N-dealkylation sites (tertiary alicyclic amines) is 1. The summed E-state index contributed by atoms with van der Waals surface area (Å²) in [6.45, 7) is 1.92. The van der Waals surface area contributed by atoms with Gasteiger partial charge in [0.25, 0.3) is 0 Å². The monoisotopic (exact) mass is 414 g/mol. The summed E-state index contributed by atoms with van der Waals surface area (Å²) >= 11 is 0. The molecule has 3 amide bonds. The van der Waals surface area contributed by atoms with Crippen molar-refractivity contribution in [2.45, 2.75) is 31.8 Å². The van der Waals surface area contributed by atoms with Gasteiger partial charge >= 0.3 is 6.03 Å². The van der Waals surface area contributed by atoms with Gasteiger partial charge in [0, 0.05) is 6.20 Å². The molecule has 4 rings (SSSR count). The highest BCUT2D eigenvalue weighted by molar-refractivity contribution is 6.01. The molecule has 6 nitrogen and oxygen atoms in total. The molecule has 1 aliphatic heterocycles. The van der Waals surface area contributed by atoms with E-state index < -0.39 is 0 Å². The minimum atomic E-state index is -0.354. The van der Waals surface area contributed by atoms with Crippen molar-refractivity contribution in [2.24, 2.45) is 5.92 Å². The van der Waals surface area contributed by atoms with Crippen molar-refractivity contribution in [3.63, 3.8) is 0 Å². The maximum absolute atomic E-state index is 13.0. The molecule has 3 atom stereocenters. The largest absolute Gasteiger partial charge is 0.384 e. The molecule has 0 spiro atoms. The smallest absolute Gasteiger partial charge is 0.324 e. The van der Waals surface area contributed by atoms with Crippen LogP contribution in [0.15, 0.2) is 79.0 Å². The molecule has 31 heavy (non-hydrogen) atoms. The molecule has 1 aromatic heterocycles. The van der Waals surface area contributed by atoms with E-state index in [-0.39, 0.29) is 29.9 Å². The Balaban J connectivity index is 1.52. The van der Waals surface area contributed by atoms with Crippen LogP contribution in [0.3, 0.4) is 0 Å². The molecular weight excluding hydrogens is 388 g/mol. The lowest BCUT2D eigenvalue weighted by Crippen LogP contribution is -2.66. The number of nitrogens with two attached hydrogens (primary N) is 1. The highest BCUT2D eigenvalue weighted by Gasteiger charge is 2.50. The average Bonchev–Trinajstić information content (AvgIpc) is 2.78. The van der Waals surface area contributed by atoms with Crippen LogP contribution < -0.4 is 11.1 Å². The summed E-state index contributed by atoms with van der Waals surface area (Å²) in [7, 11) is 0. The quantitative estimate of drug-likeness (QED) is 0.602. The third-order valence-electron chi connectivity index (χ3n) is 5.80. The molecule has 0 unspecified atom stereocenters. The molecule has 3 N–H and O–H groups in total. The van der Waals surface area contributed by atoms with Crippen molar-refractivity contribution < 1.29 is 9.59 Å². The van der Waals surface area contributed by atoms with E-state index >= 15 is 0 Å². The fourth-order valence-corrected chi connectivity index (χ4v) is 4.12. The molecule has 1 fully saturated rings. The molecular formula is C25H26N4O2. The summed E-state index contributed by atoms with van der Waals surface area (Å²) in [6, 6.07) is 22.5. The van der Waals surface area contributed by atoms with Crippen LogP contribution in [-0.4, -0.2) is 27.9 Å². The summed E-state index contributed by atoms with van der Waals surface area (Å²) in [5.41, 5.74) is 8.83. The van der Waals surface area contributed by atoms with E-state index in [0.717, 1.165) is 16.7 Å². The lowest BCUT2D eigenvalue weighted by Gasteiger charge is -2.46. The van der Waals surface area contributed by atoms with Crippen LogP contribution in [0.1, 0.15) is 29.7 Å². The minimum absolute atomic E-state index is 0.158. The number of β-lactam (4-membered cyclic amide) rings is 1. The van der Waals surface area contributed by atoms with Crippen molar-refractivity contribution in [1.82, 2.24) is 15.2 Å². The Labute approximate surface area is 182 Å². The summed E-state index contributed by atoms with van der Waals surface area (Å²) in [5, 5.41) is 2.97. The SMILES string of the molecule is C[C@@H](NC(=O)N1C(=O)[C@H](Cc2ccnc(N)c2)[C@H]1Cc1ccccc1)c1ccccc1. The van der Waals surface area contributed by atoms with Gasteiger partial charge in [0.15, 0.2) is 0 Å². The number of nitrogens with one attached hydrogen (secondary N) is 1. The number of nitrogen functional groups attached to an aromatic ring is 1. The first-order valence-corrected chi connectivity index (χ1v) is 10.5. The Kier molecular flexibility index (Phi) is 5.98. The number of rotatable bonds is 6. The number of nitrogens with zero attached hydrogens (tertiary/aromatic N) is 2. The fourth-order valence-electron chi connectivity index (χ4n) is 4.12. The third-order valence-corrected chi connectivity index (χ3v) is 5.80. The van der Waals surface area contributed by atoms with E-state index in [2.05, 4.69) is 10.3 Å². The van der Waals surface area contributed by atoms with Gasteiger partial charge in [-0.2, -0.15) is 0 Å². The predicted octanol–water partition coefficient (Wildman–Crippen LogP) is 3.75. The van der Waals surface area contributed by atoms with E-state index in [0.29, 0.717) is 18.7 Å². The Hall–Kier alpha value is -3.67. The fraction of sp³-hybridized carbons (Fsp3) is 0.240. The number of carbonyl (C=O) groups excluding carboxylic acids is 2. The second-order valence-corrected chi connectivity index (χ2v) is 7.95. The molecule has 0 bridgehead atoms. The zero-order chi connectivity index (χ0) is 21.8. The van der Waals surface area contributed by atoms with Crippen molar-refractivity contribution in [3.05, 3.63) is 95.7 Å². The van der Waals surface area contributed by atoms with Gasteiger partial charge in [-0.25, -0.2) is 9.78 Å². The van der Waals surface area contributed by atoms with E-state index in [1.807, 2.05) is 73.7 Å². The molecule has 2 heterocycles. The molecule has 1 aliphatic rings. The number of carbonyl (C=O) groups is 2. The van der Waals surface area contributed by atoms with Gasteiger partial charge in [-0.15, -0.1) is 0 Å². The summed E-state index contributed by atoms with van der Waals surface area (Å²) < 4.78 is 0. The first kappa shape index (κ1) is 20.6. The van der Waals surface area contributed by atoms with Crippen molar-refractivity contribution in [2.75, 3.05) is 5.73 Å². The Morgan fingerprint density at radius 2 is 1.71 bits per heavy atom. The average molecular weight is 415 g/mol.